The van der Waals surface area contributed by atoms with E-state index < -0.39 is 261 Å². The van der Waals surface area contributed by atoms with Gasteiger partial charge in [0.15, 0.2) is 44.0 Å². The summed E-state index contributed by atoms with van der Waals surface area (Å²) in [4.78, 5) is 0. The summed E-state index contributed by atoms with van der Waals surface area (Å²) in [6.45, 7) is -7.33. The highest BCUT2D eigenvalue weighted by Gasteiger charge is 2.59. The summed E-state index contributed by atoms with van der Waals surface area (Å²) in [6, 6.07) is 0. The molecule has 0 radical (unpaired) electrons. The number of rotatable bonds is 7. The molecule has 21 aliphatic heterocycles. The van der Waals surface area contributed by atoms with Crippen molar-refractivity contribution in [2.75, 3.05) is 46.2 Å². The third-order valence-electron chi connectivity index (χ3n) is 14.8. The lowest BCUT2D eigenvalue weighted by Gasteiger charge is -2.50. The van der Waals surface area contributed by atoms with Crippen LogP contribution < -0.4 is 0 Å². The van der Waals surface area contributed by atoms with Crippen LogP contribution in [0.15, 0.2) is 0 Å². The monoisotopic (exact) mass is 1150 g/mol. The third-order valence-corrected chi connectivity index (χ3v) is 14.8. The molecule has 21 saturated heterocycles. The normalized spacial score (nSPS) is 54.7. The van der Waals surface area contributed by atoms with Crippen LogP contribution in [0.3, 0.4) is 0 Å². The molecule has 35 heteroatoms. The quantitative estimate of drug-likeness (QED) is 0.113. The van der Waals surface area contributed by atoms with Crippen molar-refractivity contribution < 1.29 is 174 Å². The van der Waals surface area contributed by atoms with E-state index in [9.17, 15) is 107 Å². The van der Waals surface area contributed by atoms with E-state index in [1.54, 1.807) is 0 Å². The molecule has 0 spiro atoms. The molecule has 0 aromatic heterocycles. The van der Waals surface area contributed by atoms with E-state index in [2.05, 4.69) is 0 Å². The highest BCUT2D eigenvalue weighted by molar-refractivity contribution is 5.01. The van der Waals surface area contributed by atoms with Crippen LogP contribution in [-0.4, -0.2) is 368 Å². The van der Waals surface area contributed by atoms with Gasteiger partial charge in [-0.15, -0.1) is 0 Å². The molecule has 0 saturated carbocycles. The van der Waals surface area contributed by atoms with Crippen molar-refractivity contribution in [2.45, 2.75) is 222 Å². The van der Waals surface area contributed by atoms with Crippen LogP contribution in [0.4, 0.5) is 0 Å². The van der Waals surface area contributed by atoms with Gasteiger partial charge in [0.2, 0.25) is 0 Å². The van der Waals surface area contributed by atoms with Crippen molar-refractivity contribution in [3.63, 3.8) is 0 Å². The van der Waals surface area contributed by atoms with Gasteiger partial charge in [0.25, 0.3) is 0 Å². The topological polar surface area (TPSA) is 554 Å². The molecule has 0 aromatic carbocycles. The van der Waals surface area contributed by atoms with Crippen LogP contribution in [0.25, 0.3) is 0 Å². The molecule has 21 rings (SSSR count). The minimum Gasteiger partial charge on any atom is -0.394 e. The Hall–Kier alpha value is -1.40. The van der Waals surface area contributed by atoms with E-state index in [-0.39, 0.29) is 7.43 Å². The molecule has 78 heavy (non-hydrogen) atoms. The van der Waals surface area contributed by atoms with Gasteiger partial charge in [0.05, 0.1) is 46.2 Å². The van der Waals surface area contributed by atoms with Crippen molar-refractivity contribution in [3.8, 4) is 0 Å². The zero-order valence-electron chi connectivity index (χ0n) is 40.3. The zero-order chi connectivity index (χ0) is 56.1. The van der Waals surface area contributed by atoms with Gasteiger partial charge in [-0.25, -0.2) is 0 Å². The third kappa shape index (κ3) is 12.4. The molecular weight excluding hydrogens is 1080 g/mol. The maximum atomic E-state index is 11.3. The largest absolute Gasteiger partial charge is 0.394 e. The minimum absolute atomic E-state index is 0. The lowest BCUT2D eigenvalue weighted by Crippen LogP contribution is -2.68. The first kappa shape index (κ1) is 64.2. The summed E-state index contributed by atoms with van der Waals surface area (Å²) < 4.78 is 79.5. The number of aliphatic hydroxyl groups excluding tert-OH is 21. The zero-order valence-corrected chi connectivity index (χ0v) is 40.3. The smallest absolute Gasteiger partial charge is 0.187 e. The number of aliphatic hydroxyl groups is 21. The summed E-state index contributed by atoms with van der Waals surface area (Å²) >= 11 is 0. The molecule has 21 aliphatic rings. The molecule has 0 amide bonds. The highest BCUT2D eigenvalue weighted by Crippen LogP contribution is 2.39. The molecule has 0 aliphatic carbocycles. The first-order valence-corrected chi connectivity index (χ1v) is 24.6. The molecule has 21 heterocycles. The van der Waals surface area contributed by atoms with Crippen LogP contribution >= 0.6 is 0 Å². The molecule has 35 nitrogen and oxygen atoms in total. The summed E-state index contributed by atoms with van der Waals surface area (Å²) in [5.74, 6) is 0. The first-order chi connectivity index (χ1) is 36.7. The van der Waals surface area contributed by atoms with Crippen molar-refractivity contribution >= 4 is 0 Å². The van der Waals surface area contributed by atoms with Crippen molar-refractivity contribution in [2.24, 2.45) is 0 Å². The summed E-state index contributed by atoms with van der Waals surface area (Å²) in [5.41, 5.74) is 0. The Morgan fingerprint density at radius 1 is 0.167 bits per heavy atom. The Morgan fingerprint density at radius 3 is 0.359 bits per heavy atom. The van der Waals surface area contributed by atoms with Gasteiger partial charge in [0, 0.05) is 0 Å². The van der Waals surface area contributed by atoms with Gasteiger partial charge in [-0.05, 0) is 0 Å². The molecular formula is C43H74O35. The van der Waals surface area contributed by atoms with Crippen LogP contribution in [0, 0.1) is 0 Å². The highest BCUT2D eigenvalue weighted by atomic mass is 16.8. The van der Waals surface area contributed by atoms with Gasteiger partial charge in [0.1, 0.15) is 171 Å². The van der Waals surface area contributed by atoms with Gasteiger partial charge in [-0.1, -0.05) is 7.43 Å². The van der Waals surface area contributed by atoms with Gasteiger partial charge in [-0.3, -0.25) is 0 Å². The number of hydrogen-bond donors (Lipinski definition) is 21. The summed E-state index contributed by atoms with van der Waals surface area (Å²) in [7, 11) is 0. The predicted molar refractivity (Wildman–Crippen MR) is 235 cm³/mol. The molecule has 0 unspecified atom stereocenters. The maximum absolute atomic E-state index is 11.3. The fourth-order valence-electron chi connectivity index (χ4n) is 10.4. The standard InChI is InChI=1S/C42H70O35.CH4/c43-1-8-29-15(50)22(57)36(64-8)72-30-9(2-44)66-38(24(59)17(30)52)74-32-11(4-46)68-40(26(61)19(32)54)76-34-13(6-48)70-42(28(63)21(34)56)77-35-14(7-49)69-41(27(62)20(35)55)75-33-12(5-47)67-39(25(60)18(33)53)73-31-10(3-45)65-37(71-29)23(58)16(31)51;/h8-63H,1-7H2;1H4/t8-,9-,10-,11-,12-,13-,14-,15-,16-,17-,18-,19-,20-,21-,22-,23-,24-,25-,26-,27-,28-,29-,30-,31-,32-,33-,34-,35-,36-,37-,38-,39-,40-,41-,42-;/m1./s1. The van der Waals surface area contributed by atoms with Crippen molar-refractivity contribution in [3.05, 3.63) is 0 Å². The van der Waals surface area contributed by atoms with Crippen LogP contribution in [0.1, 0.15) is 7.43 Å². The molecule has 21 fully saturated rings. The van der Waals surface area contributed by atoms with Crippen LogP contribution in [0.5, 0.6) is 0 Å². The van der Waals surface area contributed by atoms with Crippen LogP contribution in [-0.2, 0) is 66.3 Å². The second-order valence-electron chi connectivity index (χ2n) is 19.7. The molecule has 0 aromatic rings. The lowest BCUT2D eigenvalue weighted by atomic mass is 9.95. The second-order valence-corrected chi connectivity index (χ2v) is 19.7. The Kier molecular flexibility index (Phi) is 22.3. The average molecular weight is 1150 g/mol. The number of hydrogen-bond acceptors (Lipinski definition) is 35. The van der Waals surface area contributed by atoms with E-state index in [1.165, 1.54) is 0 Å². The first-order valence-electron chi connectivity index (χ1n) is 24.6. The fraction of sp³-hybridized carbons (Fsp3) is 1.00. The van der Waals surface area contributed by atoms with Gasteiger partial charge < -0.3 is 174 Å². The molecule has 35 atom stereocenters. The fourth-order valence-corrected chi connectivity index (χ4v) is 10.4. The number of ether oxygens (including phenoxy) is 14. The van der Waals surface area contributed by atoms with Gasteiger partial charge in [-0.2, -0.15) is 0 Å². The average Bonchev–Trinajstić information content (AvgIpc) is 3.42. The Morgan fingerprint density at radius 2 is 0.269 bits per heavy atom. The molecule has 456 valence electrons. The Labute approximate surface area is 441 Å². The van der Waals surface area contributed by atoms with E-state index >= 15 is 0 Å². The van der Waals surface area contributed by atoms with Crippen molar-refractivity contribution in [1.82, 2.24) is 0 Å². The SMILES string of the molecule is C.OC[C@H]1O[C@@H]2O[C@H]3[C@H](O)[C@@H](O)[C@@H](O[C@H]4[C@H](O)[C@@H](O)[C@@H](O[C@H]5[C@H](O)[C@@H](O)[C@@H](O[C@H]6[C@H](O)[C@@H](O)[C@@H](O[C@H]7[C@H](O)[C@@H](O)[C@@H](O[C@H]8[C@H](O)[C@@H](O)[C@@H](O[C@H]1[C@H](O)[C@H]2O)O[C@@H]8CO)O[C@@H]7CO)O[C@@H]6CO)O[C@@H]5CO)O[C@@H]4CO)O[C@@H]3CO. The predicted octanol–water partition coefficient (Wildman–Crippen LogP) is -14.6. The molecule has 14 bridgehead atoms. The summed E-state index contributed by atoms with van der Waals surface area (Å²) in [6.07, 6.45) is -70.2. The summed E-state index contributed by atoms with van der Waals surface area (Å²) in [5, 5.41) is 230. The van der Waals surface area contributed by atoms with E-state index in [0.29, 0.717) is 0 Å². The minimum atomic E-state index is -2.21. The maximum Gasteiger partial charge on any atom is 0.187 e. The second kappa shape index (κ2) is 27.1. The molecule has 21 N–H and O–H groups in total. The van der Waals surface area contributed by atoms with E-state index in [4.69, 9.17) is 66.3 Å². The Balaban J connectivity index is 0.00000882. The van der Waals surface area contributed by atoms with Gasteiger partial charge >= 0.3 is 0 Å². The van der Waals surface area contributed by atoms with E-state index in [1.807, 2.05) is 0 Å². The Bertz CT molecular complexity index is 1470. The lowest BCUT2D eigenvalue weighted by molar-refractivity contribution is -0.396. The van der Waals surface area contributed by atoms with Crippen molar-refractivity contribution in [1.29, 1.82) is 0 Å². The van der Waals surface area contributed by atoms with E-state index in [0.717, 1.165) is 0 Å². The van der Waals surface area contributed by atoms with Crippen LogP contribution in [0.2, 0.25) is 0 Å².